The molecule has 0 radical (unpaired) electrons. The van der Waals surface area contributed by atoms with Crippen molar-refractivity contribution in [2.24, 2.45) is 4.99 Å². The highest BCUT2D eigenvalue weighted by atomic mass is 127. The number of nitrogens with one attached hydrogen (secondary N) is 2. The number of aliphatic imine (C=N–C) groups is 1. The van der Waals surface area contributed by atoms with Crippen LogP contribution in [0.1, 0.15) is 24.8 Å². The number of nitrogens with zero attached hydrogens (tertiary/aromatic N) is 1. The third kappa shape index (κ3) is 7.15. The monoisotopic (exact) mass is 437 g/mol. The van der Waals surface area contributed by atoms with Gasteiger partial charge < -0.3 is 15.4 Å². The fraction of sp³-hybridized carbons (Fsp3) is 0.562. The van der Waals surface area contributed by atoms with E-state index in [2.05, 4.69) is 27.8 Å². The first-order valence-electron chi connectivity index (χ1n) is 7.58. The summed E-state index contributed by atoms with van der Waals surface area (Å²) in [4.78, 5) is 4.23. The van der Waals surface area contributed by atoms with Gasteiger partial charge in [-0.2, -0.15) is 0 Å². The van der Waals surface area contributed by atoms with Gasteiger partial charge in [-0.1, -0.05) is 23.7 Å². The lowest BCUT2D eigenvalue weighted by atomic mass is 10.1. The van der Waals surface area contributed by atoms with Gasteiger partial charge >= 0.3 is 0 Å². The van der Waals surface area contributed by atoms with Crippen molar-refractivity contribution in [3.8, 4) is 0 Å². The molecule has 1 fully saturated rings. The Kier molecular flexibility index (Phi) is 9.82. The average molecular weight is 438 g/mol. The Hall–Kier alpha value is -0.530. The molecule has 22 heavy (non-hydrogen) atoms. The first-order valence-corrected chi connectivity index (χ1v) is 7.96. The van der Waals surface area contributed by atoms with Gasteiger partial charge in [-0.25, -0.2) is 0 Å². The molecule has 1 atom stereocenters. The fourth-order valence-corrected chi connectivity index (χ4v) is 2.55. The molecule has 4 nitrogen and oxygen atoms in total. The van der Waals surface area contributed by atoms with Crippen molar-refractivity contribution in [2.75, 3.05) is 26.7 Å². The number of hydrogen-bond donors (Lipinski definition) is 2. The minimum atomic E-state index is 0. The number of halogens is 2. The molecule has 0 saturated carbocycles. The first kappa shape index (κ1) is 19.5. The van der Waals surface area contributed by atoms with Crippen LogP contribution in [0.15, 0.2) is 29.3 Å². The zero-order valence-electron chi connectivity index (χ0n) is 13.0. The second-order valence-electron chi connectivity index (χ2n) is 5.23. The van der Waals surface area contributed by atoms with E-state index in [0.29, 0.717) is 6.10 Å². The molecular formula is C16H25ClIN3O. The summed E-state index contributed by atoms with van der Waals surface area (Å²) >= 11 is 5.87. The van der Waals surface area contributed by atoms with Gasteiger partial charge in [0.2, 0.25) is 0 Å². The molecule has 2 N–H and O–H groups in total. The molecule has 0 bridgehead atoms. The lowest BCUT2D eigenvalue weighted by molar-refractivity contribution is 0.105. The van der Waals surface area contributed by atoms with Crippen molar-refractivity contribution < 1.29 is 4.74 Å². The molecule has 2 rings (SSSR count). The van der Waals surface area contributed by atoms with Crippen molar-refractivity contribution in [3.05, 3.63) is 34.9 Å². The predicted molar refractivity (Wildman–Crippen MR) is 104 cm³/mol. The molecule has 0 aromatic heterocycles. The summed E-state index contributed by atoms with van der Waals surface area (Å²) in [7, 11) is 1.80. The molecule has 1 saturated heterocycles. The van der Waals surface area contributed by atoms with Crippen LogP contribution < -0.4 is 10.6 Å². The van der Waals surface area contributed by atoms with Crippen molar-refractivity contribution >= 4 is 41.5 Å². The molecule has 1 aliphatic rings. The SMILES string of the molecule is CN=C(NCCc1ccc(Cl)cc1)NCCC1CCCO1.I. The van der Waals surface area contributed by atoms with Gasteiger partial charge in [-0.05, 0) is 43.4 Å². The topological polar surface area (TPSA) is 45.7 Å². The zero-order chi connectivity index (χ0) is 14.9. The highest BCUT2D eigenvalue weighted by molar-refractivity contribution is 14.0. The molecule has 1 unspecified atom stereocenters. The fourth-order valence-electron chi connectivity index (χ4n) is 2.42. The van der Waals surface area contributed by atoms with E-state index in [-0.39, 0.29) is 24.0 Å². The highest BCUT2D eigenvalue weighted by Crippen LogP contribution is 2.14. The van der Waals surface area contributed by atoms with E-state index in [1.165, 1.54) is 18.4 Å². The molecule has 0 amide bonds. The normalized spacial score (nSPS) is 17.9. The van der Waals surface area contributed by atoms with Gasteiger partial charge in [0, 0.05) is 31.8 Å². The van der Waals surface area contributed by atoms with Crippen LogP contribution >= 0.6 is 35.6 Å². The van der Waals surface area contributed by atoms with Crippen LogP contribution in [-0.4, -0.2) is 38.8 Å². The molecule has 1 aromatic rings. The molecule has 6 heteroatoms. The van der Waals surface area contributed by atoms with E-state index < -0.39 is 0 Å². The summed E-state index contributed by atoms with van der Waals surface area (Å²) in [5.74, 6) is 0.849. The first-order chi connectivity index (χ1) is 10.3. The zero-order valence-corrected chi connectivity index (χ0v) is 16.1. The van der Waals surface area contributed by atoms with Crippen LogP contribution in [0.4, 0.5) is 0 Å². The third-order valence-corrected chi connectivity index (χ3v) is 3.88. The van der Waals surface area contributed by atoms with Crippen LogP contribution in [0.5, 0.6) is 0 Å². The van der Waals surface area contributed by atoms with Crippen LogP contribution in [0.25, 0.3) is 0 Å². The maximum atomic E-state index is 5.87. The Bertz CT molecular complexity index is 447. The molecular weight excluding hydrogens is 413 g/mol. The predicted octanol–water partition coefficient (Wildman–Crippen LogP) is 3.23. The summed E-state index contributed by atoms with van der Waals surface area (Å²) in [6.45, 7) is 2.66. The number of rotatable bonds is 6. The Morgan fingerprint density at radius 3 is 2.64 bits per heavy atom. The van der Waals surface area contributed by atoms with Crippen LogP contribution in [0, 0.1) is 0 Å². The van der Waals surface area contributed by atoms with Gasteiger partial charge in [-0.3, -0.25) is 4.99 Å². The van der Waals surface area contributed by atoms with Crippen molar-refractivity contribution in [3.63, 3.8) is 0 Å². The van der Waals surface area contributed by atoms with E-state index in [1.807, 2.05) is 12.1 Å². The molecule has 0 spiro atoms. The Morgan fingerprint density at radius 1 is 1.27 bits per heavy atom. The number of guanidine groups is 1. The number of hydrogen-bond acceptors (Lipinski definition) is 2. The molecule has 0 aliphatic carbocycles. The lowest BCUT2D eigenvalue weighted by Gasteiger charge is -2.14. The number of ether oxygens (including phenoxy) is 1. The summed E-state index contributed by atoms with van der Waals surface area (Å²) < 4.78 is 5.61. The van der Waals surface area contributed by atoms with E-state index in [9.17, 15) is 0 Å². The lowest BCUT2D eigenvalue weighted by Crippen LogP contribution is -2.39. The minimum Gasteiger partial charge on any atom is -0.378 e. The van der Waals surface area contributed by atoms with E-state index in [1.54, 1.807) is 7.05 Å². The summed E-state index contributed by atoms with van der Waals surface area (Å²) in [5.41, 5.74) is 1.27. The Labute approximate surface area is 155 Å². The maximum Gasteiger partial charge on any atom is 0.190 e. The molecule has 1 aromatic carbocycles. The second kappa shape index (κ2) is 11.1. The molecule has 1 heterocycles. The van der Waals surface area contributed by atoms with Crippen LogP contribution in [-0.2, 0) is 11.2 Å². The standard InChI is InChI=1S/C16H24ClN3O.HI/c1-18-16(20-11-9-15-3-2-12-21-15)19-10-8-13-4-6-14(17)7-5-13;/h4-7,15H,2-3,8-12H2,1H3,(H2,18,19,20);1H. The Morgan fingerprint density at radius 2 is 2.00 bits per heavy atom. The molecule has 124 valence electrons. The quantitative estimate of drug-likeness (QED) is 0.408. The van der Waals surface area contributed by atoms with Crippen molar-refractivity contribution in [2.45, 2.75) is 31.8 Å². The van der Waals surface area contributed by atoms with Crippen molar-refractivity contribution in [1.82, 2.24) is 10.6 Å². The van der Waals surface area contributed by atoms with Gasteiger partial charge in [0.25, 0.3) is 0 Å². The van der Waals surface area contributed by atoms with Crippen molar-refractivity contribution in [1.29, 1.82) is 0 Å². The van der Waals surface area contributed by atoms with E-state index in [0.717, 1.165) is 43.5 Å². The van der Waals surface area contributed by atoms with Gasteiger partial charge in [0.05, 0.1) is 6.10 Å². The Balaban J connectivity index is 0.00000242. The second-order valence-corrected chi connectivity index (χ2v) is 5.66. The highest BCUT2D eigenvalue weighted by Gasteiger charge is 2.14. The van der Waals surface area contributed by atoms with Crippen LogP contribution in [0.3, 0.4) is 0 Å². The summed E-state index contributed by atoms with van der Waals surface area (Å²) in [5, 5.41) is 7.43. The smallest absolute Gasteiger partial charge is 0.190 e. The maximum absolute atomic E-state index is 5.87. The van der Waals surface area contributed by atoms with Crippen LogP contribution in [0.2, 0.25) is 5.02 Å². The van der Waals surface area contributed by atoms with Gasteiger partial charge in [0.15, 0.2) is 5.96 Å². The summed E-state index contributed by atoms with van der Waals surface area (Å²) in [6.07, 6.45) is 4.79. The number of benzene rings is 1. The third-order valence-electron chi connectivity index (χ3n) is 3.63. The van der Waals surface area contributed by atoms with Gasteiger partial charge in [-0.15, -0.1) is 24.0 Å². The molecule has 1 aliphatic heterocycles. The summed E-state index contributed by atoms with van der Waals surface area (Å²) in [6, 6.07) is 7.95. The van der Waals surface area contributed by atoms with Gasteiger partial charge in [0.1, 0.15) is 0 Å². The van der Waals surface area contributed by atoms with E-state index >= 15 is 0 Å². The minimum absolute atomic E-state index is 0. The largest absolute Gasteiger partial charge is 0.378 e. The average Bonchev–Trinajstić information content (AvgIpc) is 3.01. The van der Waals surface area contributed by atoms with E-state index in [4.69, 9.17) is 16.3 Å².